The maximum atomic E-state index is 12.5. The van der Waals surface area contributed by atoms with Crippen LogP contribution in [0.4, 0.5) is 4.79 Å². The molecule has 1 saturated carbocycles. The largest absolute Gasteiger partial charge is 0.480 e. The van der Waals surface area contributed by atoms with Gasteiger partial charge in [-0.25, -0.2) is 4.79 Å². The molecule has 0 spiro atoms. The van der Waals surface area contributed by atoms with Gasteiger partial charge < -0.3 is 20.0 Å². The Hall–Kier alpha value is -1.30. The third-order valence-corrected chi connectivity index (χ3v) is 3.69. The van der Waals surface area contributed by atoms with Gasteiger partial charge in [-0.3, -0.25) is 4.79 Å². The quantitative estimate of drug-likeness (QED) is 0.743. The summed E-state index contributed by atoms with van der Waals surface area (Å²) in [6.07, 6.45) is 5.97. The molecule has 0 aromatic heterocycles. The second-order valence-electron chi connectivity index (χ2n) is 5.31. The van der Waals surface area contributed by atoms with E-state index in [2.05, 4.69) is 0 Å². The minimum Gasteiger partial charge on any atom is -0.480 e. The van der Waals surface area contributed by atoms with E-state index >= 15 is 0 Å². The molecule has 1 aliphatic rings. The van der Waals surface area contributed by atoms with E-state index in [0.29, 0.717) is 6.54 Å². The van der Waals surface area contributed by atoms with E-state index < -0.39 is 5.97 Å². The molecule has 2 amide bonds. The summed E-state index contributed by atoms with van der Waals surface area (Å²) in [7, 11) is 0. The molecule has 0 atom stereocenters. The first-order valence-corrected chi connectivity index (χ1v) is 7.48. The summed E-state index contributed by atoms with van der Waals surface area (Å²) < 4.78 is 0. The number of carbonyl (C=O) groups is 2. The van der Waals surface area contributed by atoms with Gasteiger partial charge in [-0.1, -0.05) is 26.2 Å². The van der Waals surface area contributed by atoms with Gasteiger partial charge in [0.15, 0.2) is 0 Å². The minimum absolute atomic E-state index is 0.0880. The third kappa shape index (κ3) is 5.00. The highest BCUT2D eigenvalue weighted by Gasteiger charge is 2.29. The summed E-state index contributed by atoms with van der Waals surface area (Å²) in [5.74, 6) is -1.00. The predicted octanol–water partition coefficient (Wildman–Crippen LogP) is 1.53. The number of aliphatic hydroxyl groups excluding tert-OH is 1. The summed E-state index contributed by atoms with van der Waals surface area (Å²) in [6.45, 7) is 2.26. The number of rotatable bonds is 7. The Morgan fingerprint density at radius 3 is 2.30 bits per heavy atom. The Kier molecular flexibility index (Phi) is 7.36. The van der Waals surface area contributed by atoms with Gasteiger partial charge in [-0.15, -0.1) is 0 Å². The van der Waals surface area contributed by atoms with Crippen LogP contribution < -0.4 is 0 Å². The van der Waals surface area contributed by atoms with Crippen LogP contribution in [0.25, 0.3) is 0 Å². The number of urea groups is 1. The van der Waals surface area contributed by atoms with Crippen molar-refractivity contribution in [3.05, 3.63) is 0 Å². The molecule has 1 aliphatic carbocycles. The maximum Gasteiger partial charge on any atom is 0.323 e. The van der Waals surface area contributed by atoms with E-state index in [4.69, 9.17) is 5.11 Å². The molecule has 0 radical (unpaired) electrons. The average Bonchev–Trinajstić information content (AvgIpc) is 2.44. The van der Waals surface area contributed by atoms with Crippen LogP contribution in [-0.4, -0.2) is 64.3 Å². The van der Waals surface area contributed by atoms with E-state index in [1.165, 1.54) is 11.3 Å². The Morgan fingerprint density at radius 2 is 1.80 bits per heavy atom. The molecule has 0 bridgehead atoms. The molecule has 1 rings (SSSR count). The van der Waals surface area contributed by atoms with Crippen LogP contribution in [-0.2, 0) is 4.79 Å². The highest BCUT2D eigenvalue weighted by Crippen LogP contribution is 2.23. The van der Waals surface area contributed by atoms with Crippen molar-refractivity contribution in [2.24, 2.45) is 0 Å². The molecule has 0 heterocycles. The number of hydrogen-bond donors (Lipinski definition) is 2. The standard InChI is InChI=1S/C14H26N2O4/c1-2-8-15(11-13(18)19)14(20)16(9-10-17)12-6-4-3-5-7-12/h12,17H,2-11H2,1H3,(H,18,19). The first kappa shape index (κ1) is 16.8. The van der Waals surface area contributed by atoms with Crippen molar-refractivity contribution in [3.8, 4) is 0 Å². The number of carboxylic acid groups (broad SMARTS) is 1. The number of aliphatic hydroxyl groups is 1. The zero-order chi connectivity index (χ0) is 15.0. The van der Waals surface area contributed by atoms with E-state index in [1.54, 1.807) is 4.90 Å². The molecular formula is C14H26N2O4. The molecule has 20 heavy (non-hydrogen) atoms. The molecule has 6 heteroatoms. The molecule has 1 fully saturated rings. The lowest BCUT2D eigenvalue weighted by atomic mass is 9.94. The molecule has 6 nitrogen and oxygen atoms in total. The van der Waals surface area contributed by atoms with E-state index in [0.717, 1.165) is 32.1 Å². The van der Waals surface area contributed by atoms with Crippen LogP contribution in [0.1, 0.15) is 45.4 Å². The monoisotopic (exact) mass is 286 g/mol. The zero-order valence-electron chi connectivity index (χ0n) is 12.3. The van der Waals surface area contributed by atoms with Gasteiger partial charge in [0.2, 0.25) is 0 Å². The van der Waals surface area contributed by atoms with Crippen molar-refractivity contribution in [1.82, 2.24) is 9.80 Å². The fourth-order valence-corrected chi connectivity index (χ4v) is 2.79. The van der Waals surface area contributed by atoms with Gasteiger partial charge in [0, 0.05) is 19.1 Å². The van der Waals surface area contributed by atoms with Crippen LogP contribution in [0.3, 0.4) is 0 Å². The van der Waals surface area contributed by atoms with Crippen molar-refractivity contribution in [2.75, 3.05) is 26.2 Å². The SMILES string of the molecule is CCCN(CC(=O)O)C(=O)N(CCO)C1CCCCC1. The topological polar surface area (TPSA) is 81.1 Å². The first-order valence-electron chi connectivity index (χ1n) is 7.48. The van der Waals surface area contributed by atoms with Crippen molar-refractivity contribution in [3.63, 3.8) is 0 Å². The molecule has 2 N–H and O–H groups in total. The van der Waals surface area contributed by atoms with Crippen molar-refractivity contribution >= 4 is 12.0 Å². The smallest absolute Gasteiger partial charge is 0.323 e. The number of nitrogens with zero attached hydrogens (tertiary/aromatic N) is 2. The predicted molar refractivity (Wildman–Crippen MR) is 75.6 cm³/mol. The second-order valence-corrected chi connectivity index (χ2v) is 5.31. The lowest BCUT2D eigenvalue weighted by Gasteiger charge is -2.37. The van der Waals surface area contributed by atoms with Crippen molar-refractivity contribution in [2.45, 2.75) is 51.5 Å². The van der Waals surface area contributed by atoms with Crippen LogP contribution in [0.2, 0.25) is 0 Å². The van der Waals surface area contributed by atoms with Gasteiger partial charge in [0.1, 0.15) is 6.54 Å². The second kappa shape index (κ2) is 8.79. The van der Waals surface area contributed by atoms with E-state index in [9.17, 15) is 14.7 Å². The Morgan fingerprint density at radius 1 is 1.15 bits per heavy atom. The Balaban J connectivity index is 2.75. The van der Waals surface area contributed by atoms with Crippen LogP contribution >= 0.6 is 0 Å². The summed E-state index contributed by atoms with van der Waals surface area (Å²) in [5.41, 5.74) is 0. The molecule has 0 saturated heterocycles. The van der Waals surface area contributed by atoms with Crippen LogP contribution in [0, 0.1) is 0 Å². The van der Waals surface area contributed by atoms with Gasteiger partial charge in [-0.05, 0) is 19.3 Å². The number of amides is 2. The summed E-state index contributed by atoms with van der Waals surface area (Å²) in [5, 5.41) is 18.1. The molecular weight excluding hydrogens is 260 g/mol. The van der Waals surface area contributed by atoms with Gasteiger partial charge in [0.05, 0.1) is 6.61 Å². The van der Waals surface area contributed by atoms with Crippen molar-refractivity contribution < 1.29 is 19.8 Å². The third-order valence-electron chi connectivity index (χ3n) is 3.69. The molecule has 0 aliphatic heterocycles. The Labute approximate surface area is 120 Å². The number of carbonyl (C=O) groups excluding carboxylic acids is 1. The molecule has 0 aromatic rings. The Bertz CT molecular complexity index is 316. The average molecular weight is 286 g/mol. The van der Waals surface area contributed by atoms with Gasteiger partial charge >= 0.3 is 12.0 Å². The fourth-order valence-electron chi connectivity index (χ4n) is 2.79. The molecule has 116 valence electrons. The summed E-state index contributed by atoms with van der Waals surface area (Å²) >= 11 is 0. The normalized spacial score (nSPS) is 15.9. The van der Waals surface area contributed by atoms with Gasteiger partial charge in [0.25, 0.3) is 0 Å². The number of hydrogen-bond acceptors (Lipinski definition) is 3. The minimum atomic E-state index is -1.00. The van der Waals surface area contributed by atoms with Crippen LogP contribution in [0.5, 0.6) is 0 Å². The van der Waals surface area contributed by atoms with Crippen LogP contribution in [0.15, 0.2) is 0 Å². The fraction of sp³-hybridized carbons (Fsp3) is 0.857. The molecule has 0 unspecified atom stereocenters. The number of aliphatic carboxylic acids is 1. The lowest BCUT2D eigenvalue weighted by molar-refractivity contribution is -0.137. The lowest BCUT2D eigenvalue weighted by Crippen LogP contribution is -2.51. The highest BCUT2D eigenvalue weighted by molar-refractivity contribution is 5.80. The maximum absolute atomic E-state index is 12.5. The summed E-state index contributed by atoms with van der Waals surface area (Å²) in [4.78, 5) is 26.5. The van der Waals surface area contributed by atoms with E-state index in [-0.39, 0.29) is 31.8 Å². The number of carboxylic acids is 1. The van der Waals surface area contributed by atoms with E-state index in [1.807, 2.05) is 6.92 Å². The summed E-state index contributed by atoms with van der Waals surface area (Å²) in [6, 6.07) is -0.119. The zero-order valence-corrected chi connectivity index (χ0v) is 12.3. The highest BCUT2D eigenvalue weighted by atomic mass is 16.4. The van der Waals surface area contributed by atoms with Crippen molar-refractivity contribution in [1.29, 1.82) is 0 Å². The molecule has 0 aromatic carbocycles. The van der Waals surface area contributed by atoms with Gasteiger partial charge in [-0.2, -0.15) is 0 Å². The first-order chi connectivity index (χ1) is 9.60.